The fourth-order valence-electron chi connectivity index (χ4n) is 6.38. The minimum Gasteiger partial charge on any atom is -0.444 e. The van der Waals surface area contributed by atoms with Gasteiger partial charge in [0.1, 0.15) is 11.2 Å². The predicted molar refractivity (Wildman–Crippen MR) is 138 cm³/mol. The first-order chi connectivity index (χ1) is 16.6. The molecule has 0 N–H and O–H groups in total. The largest absolute Gasteiger partial charge is 0.444 e. The van der Waals surface area contributed by atoms with E-state index in [4.69, 9.17) is 14.2 Å². The molecule has 1 amide bonds. The summed E-state index contributed by atoms with van der Waals surface area (Å²) >= 11 is 0. The third-order valence-electron chi connectivity index (χ3n) is 8.50. The van der Waals surface area contributed by atoms with Crippen LogP contribution < -0.4 is 0 Å². The van der Waals surface area contributed by atoms with Gasteiger partial charge in [-0.05, 0) is 113 Å². The molecule has 0 aliphatic carbocycles. The molecular formula is C29H42N2O4. The summed E-state index contributed by atoms with van der Waals surface area (Å²) in [5.41, 5.74) is 7.93. The van der Waals surface area contributed by atoms with Crippen LogP contribution in [0.4, 0.5) is 4.79 Å². The van der Waals surface area contributed by atoms with Gasteiger partial charge in [-0.3, -0.25) is 4.90 Å². The van der Waals surface area contributed by atoms with Crippen LogP contribution in [0.2, 0.25) is 0 Å². The summed E-state index contributed by atoms with van der Waals surface area (Å²) in [5, 5.41) is 0. The van der Waals surface area contributed by atoms with Gasteiger partial charge in [0.25, 0.3) is 0 Å². The van der Waals surface area contributed by atoms with Crippen LogP contribution in [0.1, 0.15) is 73.8 Å². The fourth-order valence-corrected chi connectivity index (χ4v) is 6.38. The summed E-state index contributed by atoms with van der Waals surface area (Å²) in [5.74, 6) is 0.586. The molecule has 4 aliphatic heterocycles. The molecule has 6 nitrogen and oxygen atoms in total. The Labute approximate surface area is 210 Å². The Kier molecular flexibility index (Phi) is 6.52. The third kappa shape index (κ3) is 4.90. The highest BCUT2D eigenvalue weighted by atomic mass is 16.6. The van der Waals surface area contributed by atoms with Crippen LogP contribution in [0, 0.1) is 20.8 Å². The fraction of sp³-hybridized carbons (Fsp3) is 0.690. The Bertz CT molecular complexity index is 1010. The smallest absolute Gasteiger partial charge is 0.410 e. The second-order valence-corrected chi connectivity index (χ2v) is 12.2. The zero-order valence-corrected chi connectivity index (χ0v) is 22.4. The number of rotatable bonds is 3. The van der Waals surface area contributed by atoms with E-state index in [9.17, 15) is 4.79 Å². The molecule has 0 unspecified atom stereocenters. The van der Waals surface area contributed by atoms with Crippen molar-refractivity contribution in [2.45, 2.75) is 84.0 Å². The molecule has 1 aromatic carbocycles. The maximum Gasteiger partial charge on any atom is 0.410 e. The van der Waals surface area contributed by atoms with E-state index in [2.05, 4.69) is 37.8 Å². The Balaban J connectivity index is 1.20. The normalized spacial score (nSPS) is 25.1. The van der Waals surface area contributed by atoms with Crippen molar-refractivity contribution in [3.05, 3.63) is 40.0 Å². The SMILES string of the molecule is Cc1cc(C2CCN([C@@H]3COC4(C3)CN(C(=O)OC(C)(C)C)C4)CC2)c(C2=CCOC2)c(C)c1C. The van der Waals surface area contributed by atoms with Crippen molar-refractivity contribution in [2.75, 3.05) is 46.0 Å². The summed E-state index contributed by atoms with van der Waals surface area (Å²) in [4.78, 5) is 16.8. The molecule has 1 atom stereocenters. The maximum absolute atomic E-state index is 12.4. The van der Waals surface area contributed by atoms with Crippen molar-refractivity contribution >= 4 is 11.7 Å². The molecule has 3 fully saturated rings. The standard InChI is InChI=1S/C29H42N2O4/c1-19-13-25(26(21(3)20(19)2)23-9-12-33-15-23)22-7-10-30(11-8-22)24-14-29(34-16-24)17-31(18-29)27(32)35-28(4,5)6/h9,13,22,24H,7-8,10-12,14-18H2,1-6H3/t24-/m0/s1. The van der Waals surface area contributed by atoms with Gasteiger partial charge in [0, 0.05) is 6.04 Å². The number of likely N-dealkylation sites (tertiary alicyclic amines) is 2. The molecule has 0 radical (unpaired) electrons. The summed E-state index contributed by atoms with van der Waals surface area (Å²) in [6.45, 7) is 18.2. The van der Waals surface area contributed by atoms with E-state index in [0.29, 0.717) is 25.0 Å². The van der Waals surface area contributed by atoms with Crippen molar-refractivity contribution in [2.24, 2.45) is 0 Å². The first-order valence-electron chi connectivity index (χ1n) is 13.3. The van der Waals surface area contributed by atoms with Crippen LogP contribution in [0.25, 0.3) is 5.57 Å². The van der Waals surface area contributed by atoms with Crippen LogP contribution in [0.3, 0.4) is 0 Å². The average molecular weight is 483 g/mol. The van der Waals surface area contributed by atoms with Gasteiger partial charge in [-0.15, -0.1) is 0 Å². The van der Waals surface area contributed by atoms with Gasteiger partial charge in [-0.25, -0.2) is 4.79 Å². The minimum atomic E-state index is -0.459. The highest BCUT2D eigenvalue weighted by Crippen LogP contribution is 2.41. The van der Waals surface area contributed by atoms with E-state index >= 15 is 0 Å². The number of carbonyl (C=O) groups excluding carboxylic acids is 1. The molecule has 1 spiro atoms. The first kappa shape index (κ1) is 24.8. The van der Waals surface area contributed by atoms with Crippen molar-refractivity contribution in [3.63, 3.8) is 0 Å². The van der Waals surface area contributed by atoms with Gasteiger partial charge in [0.05, 0.1) is 32.9 Å². The van der Waals surface area contributed by atoms with Crippen molar-refractivity contribution < 1.29 is 19.0 Å². The number of ether oxygens (including phenoxy) is 3. The number of benzene rings is 1. The second kappa shape index (κ2) is 9.20. The van der Waals surface area contributed by atoms with Gasteiger partial charge >= 0.3 is 6.09 Å². The Morgan fingerprint density at radius 3 is 2.46 bits per heavy atom. The molecule has 1 aromatic rings. The number of hydrogen-bond donors (Lipinski definition) is 0. The lowest BCUT2D eigenvalue weighted by molar-refractivity contribution is -0.109. The zero-order valence-electron chi connectivity index (χ0n) is 22.4. The Morgan fingerprint density at radius 2 is 1.83 bits per heavy atom. The molecular weight excluding hydrogens is 440 g/mol. The monoisotopic (exact) mass is 482 g/mol. The number of carbonyl (C=O) groups is 1. The summed E-state index contributed by atoms with van der Waals surface area (Å²) < 4.78 is 17.5. The Hall–Kier alpha value is -1.89. The van der Waals surface area contributed by atoms with Crippen LogP contribution in [-0.4, -0.2) is 79.1 Å². The number of hydrogen-bond acceptors (Lipinski definition) is 5. The van der Waals surface area contributed by atoms with E-state index in [1.54, 1.807) is 4.90 Å². The number of nitrogens with zero attached hydrogens (tertiary/aromatic N) is 2. The first-order valence-corrected chi connectivity index (χ1v) is 13.3. The molecule has 35 heavy (non-hydrogen) atoms. The third-order valence-corrected chi connectivity index (χ3v) is 8.50. The maximum atomic E-state index is 12.4. The van der Waals surface area contributed by atoms with Crippen LogP contribution in [0.5, 0.6) is 0 Å². The van der Waals surface area contributed by atoms with Gasteiger partial charge < -0.3 is 19.1 Å². The van der Waals surface area contributed by atoms with Crippen LogP contribution in [0.15, 0.2) is 12.1 Å². The van der Waals surface area contributed by atoms with Gasteiger partial charge in [-0.1, -0.05) is 12.1 Å². The van der Waals surface area contributed by atoms with E-state index in [1.807, 2.05) is 20.8 Å². The summed E-state index contributed by atoms with van der Waals surface area (Å²) in [6.07, 6.45) is 5.41. The van der Waals surface area contributed by atoms with Crippen molar-refractivity contribution in [1.29, 1.82) is 0 Å². The topological polar surface area (TPSA) is 51.2 Å². The predicted octanol–water partition coefficient (Wildman–Crippen LogP) is 4.98. The molecule has 4 aliphatic rings. The van der Waals surface area contributed by atoms with E-state index < -0.39 is 5.60 Å². The lowest BCUT2D eigenvalue weighted by Gasteiger charge is -2.47. The lowest BCUT2D eigenvalue weighted by atomic mass is 9.80. The lowest BCUT2D eigenvalue weighted by Crippen LogP contribution is -2.64. The molecule has 6 heteroatoms. The van der Waals surface area contributed by atoms with Crippen molar-refractivity contribution in [1.82, 2.24) is 9.80 Å². The van der Waals surface area contributed by atoms with E-state index in [0.717, 1.165) is 39.3 Å². The minimum absolute atomic E-state index is 0.175. The quantitative estimate of drug-likeness (QED) is 0.608. The zero-order chi connectivity index (χ0) is 25.0. The molecule has 5 rings (SSSR count). The van der Waals surface area contributed by atoms with Crippen molar-refractivity contribution in [3.8, 4) is 0 Å². The molecule has 0 bridgehead atoms. The molecule has 3 saturated heterocycles. The number of aryl methyl sites for hydroxylation is 1. The van der Waals surface area contributed by atoms with E-state index in [-0.39, 0.29) is 11.7 Å². The molecule has 0 aromatic heterocycles. The highest BCUT2D eigenvalue weighted by molar-refractivity contribution is 5.75. The summed E-state index contributed by atoms with van der Waals surface area (Å²) in [7, 11) is 0. The summed E-state index contributed by atoms with van der Waals surface area (Å²) in [6, 6.07) is 2.90. The van der Waals surface area contributed by atoms with Gasteiger partial charge in [-0.2, -0.15) is 0 Å². The van der Waals surface area contributed by atoms with E-state index in [1.165, 1.54) is 46.2 Å². The second-order valence-electron chi connectivity index (χ2n) is 12.2. The average Bonchev–Trinajstić information content (AvgIpc) is 3.46. The van der Waals surface area contributed by atoms with Gasteiger partial charge in [0.2, 0.25) is 0 Å². The molecule has 0 saturated carbocycles. The van der Waals surface area contributed by atoms with Crippen LogP contribution >= 0.6 is 0 Å². The number of piperidine rings is 1. The highest BCUT2D eigenvalue weighted by Gasteiger charge is 2.53. The number of amides is 1. The molecule has 192 valence electrons. The van der Waals surface area contributed by atoms with Crippen LogP contribution in [-0.2, 0) is 14.2 Å². The molecule has 4 heterocycles. The Morgan fingerprint density at radius 1 is 1.11 bits per heavy atom. The van der Waals surface area contributed by atoms with Gasteiger partial charge in [0.15, 0.2) is 0 Å².